The summed E-state index contributed by atoms with van der Waals surface area (Å²) < 4.78 is 7.88. The van der Waals surface area contributed by atoms with Crippen LogP contribution >= 0.6 is 50.5 Å². The number of benzene rings is 2. The van der Waals surface area contributed by atoms with Gasteiger partial charge in [0.1, 0.15) is 10.8 Å². The highest BCUT2D eigenvalue weighted by molar-refractivity contribution is 9.10. The van der Waals surface area contributed by atoms with E-state index in [0.29, 0.717) is 20.8 Å². The molecule has 0 saturated heterocycles. The van der Waals surface area contributed by atoms with Gasteiger partial charge in [0.15, 0.2) is 5.82 Å². The molecule has 0 spiro atoms. The second-order valence-electron chi connectivity index (χ2n) is 5.13. The average molecular weight is 456 g/mol. The second-order valence-corrected chi connectivity index (χ2v) is 7.81. The maximum Gasteiger partial charge on any atom is 0.235 e. The zero-order valence-corrected chi connectivity index (χ0v) is 16.6. The normalized spacial score (nSPS) is 11.2. The van der Waals surface area contributed by atoms with Gasteiger partial charge in [-0.25, -0.2) is 0 Å². The van der Waals surface area contributed by atoms with Crippen LogP contribution in [0, 0.1) is 0 Å². The topological polar surface area (TPSA) is 52.3 Å². The fraction of sp³-hybridized carbons (Fsp3) is 0.0625. The van der Waals surface area contributed by atoms with Gasteiger partial charge in [0.25, 0.3) is 0 Å². The number of aromatic nitrogens is 4. The van der Waals surface area contributed by atoms with Crippen LogP contribution in [0.4, 0.5) is 0 Å². The molecule has 5 nitrogen and oxygen atoms in total. The van der Waals surface area contributed by atoms with Crippen molar-refractivity contribution >= 4 is 55.4 Å². The Labute approximate surface area is 165 Å². The lowest BCUT2D eigenvalue weighted by Gasteiger charge is -2.04. The van der Waals surface area contributed by atoms with Gasteiger partial charge in [-0.05, 0) is 36.4 Å². The van der Waals surface area contributed by atoms with Crippen LogP contribution in [-0.4, -0.2) is 26.9 Å². The number of hydrogen-bond acceptors (Lipinski definition) is 5. The first kappa shape index (κ1) is 16.8. The maximum atomic E-state index is 6.09. The number of halogens is 3. The van der Waals surface area contributed by atoms with Crippen LogP contribution in [0.5, 0.6) is 5.75 Å². The molecule has 2 aromatic heterocycles. The molecule has 0 unspecified atom stereocenters. The van der Waals surface area contributed by atoms with E-state index in [2.05, 4.69) is 31.2 Å². The minimum atomic E-state index is 0.559. The number of fused-ring (bicyclic) bond motifs is 1. The van der Waals surface area contributed by atoms with Crippen LogP contribution in [0.2, 0.25) is 10.0 Å². The molecule has 0 bridgehead atoms. The van der Waals surface area contributed by atoms with Crippen molar-refractivity contribution in [2.45, 2.75) is 0 Å². The molecule has 0 aliphatic heterocycles. The molecular weight excluding hydrogens is 447 g/mol. The molecule has 0 fully saturated rings. The van der Waals surface area contributed by atoms with Crippen LogP contribution in [0.15, 0.2) is 40.9 Å². The fourth-order valence-electron chi connectivity index (χ4n) is 2.38. The van der Waals surface area contributed by atoms with Gasteiger partial charge in [-0.3, -0.25) is 0 Å². The lowest BCUT2D eigenvalue weighted by Crippen LogP contribution is -1.93. The van der Waals surface area contributed by atoms with Crippen molar-refractivity contribution in [3.05, 3.63) is 50.9 Å². The summed E-state index contributed by atoms with van der Waals surface area (Å²) in [6.45, 7) is 0. The number of ether oxygens (including phenoxy) is 1. The minimum Gasteiger partial charge on any atom is -0.497 e. The van der Waals surface area contributed by atoms with Gasteiger partial charge < -0.3 is 4.74 Å². The Morgan fingerprint density at radius 3 is 2.56 bits per heavy atom. The largest absolute Gasteiger partial charge is 0.497 e. The molecule has 4 aromatic rings. The summed E-state index contributed by atoms with van der Waals surface area (Å²) >= 11 is 17.1. The van der Waals surface area contributed by atoms with E-state index in [0.717, 1.165) is 26.4 Å². The van der Waals surface area contributed by atoms with Crippen molar-refractivity contribution in [1.29, 1.82) is 0 Å². The fourth-order valence-corrected chi connectivity index (χ4v) is 4.16. The zero-order valence-electron chi connectivity index (χ0n) is 12.7. The van der Waals surface area contributed by atoms with Gasteiger partial charge in [0, 0.05) is 25.6 Å². The second kappa shape index (κ2) is 6.57. The highest BCUT2D eigenvalue weighted by atomic mass is 79.9. The van der Waals surface area contributed by atoms with Gasteiger partial charge in [-0.15, -0.1) is 10.2 Å². The Balaban J connectivity index is 1.87. The highest BCUT2D eigenvalue weighted by Crippen LogP contribution is 2.34. The molecule has 126 valence electrons. The van der Waals surface area contributed by atoms with E-state index >= 15 is 0 Å². The molecule has 0 amide bonds. The third-order valence-electron chi connectivity index (χ3n) is 3.51. The lowest BCUT2D eigenvalue weighted by molar-refractivity contribution is 0.415. The third kappa shape index (κ3) is 3.13. The standard InChI is InChI=1S/C16H9BrCl2N4OS/c1-24-11-2-3-13(17)12(7-11)14-20-21-16-23(14)22-15(25-16)8-4-9(18)6-10(19)5-8/h2-7H,1H3. The SMILES string of the molecule is COc1ccc(Br)c(-c2nnc3sc(-c4cc(Cl)cc(Cl)c4)nn23)c1. The van der Waals surface area contributed by atoms with Gasteiger partial charge >= 0.3 is 0 Å². The van der Waals surface area contributed by atoms with Crippen molar-refractivity contribution in [2.75, 3.05) is 7.11 Å². The monoisotopic (exact) mass is 454 g/mol. The van der Waals surface area contributed by atoms with E-state index < -0.39 is 0 Å². The van der Waals surface area contributed by atoms with Crippen LogP contribution in [0.25, 0.3) is 26.9 Å². The molecule has 4 rings (SSSR count). The van der Waals surface area contributed by atoms with Crippen molar-refractivity contribution in [3.8, 4) is 27.7 Å². The molecule has 2 aromatic carbocycles. The van der Waals surface area contributed by atoms with Crippen molar-refractivity contribution < 1.29 is 4.74 Å². The predicted molar refractivity (Wildman–Crippen MR) is 104 cm³/mol. The lowest BCUT2D eigenvalue weighted by atomic mass is 10.2. The van der Waals surface area contributed by atoms with E-state index in [9.17, 15) is 0 Å². The predicted octanol–water partition coefficient (Wildman–Crippen LogP) is 5.60. The van der Waals surface area contributed by atoms with Gasteiger partial charge in [-0.2, -0.15) is 9.61 Å². The van der Waals surface area contributed by atoms with Crippen LogP contribution in [0.3, 0.4) is 0 Å². The molecule has 0 N–H and O–H groups in total. The van der Waals surface area contributed by atoms with Crippen LogP contribution in [0.1, 0.15) is 0 Å². The van der Waals surface area contributed by atoms with E-state index in [1.807, 2.05) is 30.3 Å². The molecule has 0 radical (unpaired) electrons. The molecule has 0 atom stereocenters. The van der Waals surface area contributed by atoms with Crippen LogP contribution in [-0.2, 0) is 0 Å². The molecule has 9 heteroatoms. The maximum absolute atomic E-state index is 6.09. The Morgan fingerprint density at radius 2 is 1.84 bits per heavy atom. The van der Waals surface area contributed by atoms with Crippen LogP contribution < -0.4 is 4.74 Å². The van der Waals surface area contributed by atoms with Crippen molar-refractivity contribution in [3.63, 3.8) is 0 Å². The summed E-state index contributed by atoms with van der Waals surface area (Å²) in [5, 5.41) is 15.0. The summed E-state index contributed by atoms with van der Waals surface area (Å²) in [6, 6.07) is 11.0. The first-order valence-electron chi connectivity index (χ1n) is 7.08. The quantitative estimate of drug-likeness (QED) is 0.403. The van der Waals surface area contributed by atoms with E-state index in [1.165, 1.54) is 11.3 Å². The molecular formula is C16H9BrCl2N4OS. The number of hydrogen-bond donors (Lipinski definition) is 0. The first-order valence-corrected chi connectivity index (χ1v) is 9.44. The van der Waals surface area contributed by atoms with E-state index in [4.69, 9.17) is 27.9 Å². The minimum absolute atomic E-state index is 0.559. The van der Waals surface area contributed by atoms with E-state index in [1.54, 1.807) is 17.7 Å². The highest BCUT2D eigenvalue weighted by Gasteiger charge is 2.17. The average Bonchev–Trinajstić information content (AvgIpc) is 3.15. The summed E-state index contributed by atoms with van der Waals surface area (Å²) in [5.74, 6) is 1.35. The molecule has 0 aliphatic carbocycles. The van der Waals surface area contributed by atoms with Gasteiger partial charge in [0.2, 0.25) is 4.96 Å². The molecule has 0 aliphatic rings. The van der Waals surface area contributed by atoms with Crippen molar-refractivity contribution in [1.82, 2.24) is 19.8 Å². The summed E-state index contributed by atoms with van der Waals surface area (Å²) in [6.07, 6.45) is 0. The number of rotatable bonds is 3. The van der Waals surface area contributed by atoms with E-state index in [-0.39, 0.29) is 0 Å². The van der Waals surface area contributed by atoms with Crippen molar-refractivity contribution in [2.24, 2.45) is 0 Å². The summed E-state index contributed by atoms with van der Waals surface area (Å²) in [7, 11) is 1.62. The van der Waals surface area contributed by atoms with Gasteiger partial charge in [0.05, 0.1) is 7.11 Å². The summed E-state index contributed by atoms with van der Waals surface area (Å²) in [4.78, 5) is 0.677. The van der Waals surface area contributed by atoms with Gasteiger partial charge in [-0.1, -0.05) is 50.5 Å². The third-order valence-corrected chi connectivity index (χ3v) is 5.59. The molecule has 25 heavy (non-hydrogen) atoms. The first-order chi connectivity index (χ1) is 12.0. The Kier molecular flexibility index (Phi) is 4.41. The number of methoxy groups -OCH3 is 1. The zero-order chi connectivity index (χ0) is 17.6. The number of nitrogens with zero attached hydrogens (tertiary/aromatic N) is 4. The summed E-state index contributed by atoms with van der Waals surface area (Å²) in [5.41, 5.74) is 1.68. The molecule has 2 heterocycles. The Morgan fingerprint density at radius 1 is 1.08 bits per heavy atom. The Bertz CT molecular complexity index is 1070. The molecule has 0 saturated carbocycles. The Hall–Kier alpha value is -1.67. The smallest absolute Gasteiger partial charge is 0.235 e.